The Kier molecular flexibility index (Phi) is 4.46. The Labute approximate surface area is 131 Å². The average Bonchev–Trinajstić information content (AvgIpc) is 2.98. The fourth-order valence-electron chi connectivity index (χ4n) is 2.99. The van der Waals surface area contributed by atoms with Crippen LogP contribution in [0.25, 0.3) is 11.0 Å². The Morgan fingerprint density at radius 2 is 2.18 bits per heavy atom. The fourth-order valence-corrected chi connectivity index (χ4v) is 4.61. The normalized spacial score (nSPS) is 18.0. The SMILES string of the molecule is CCNCC1CCN(S(=O)(=O)c2c[nH]c3ncccc23)CC1. The van der Waals surface area contributed by atoms with Gasteiger partial charge in [-0.05, 0) is 44.0 Å². The van der Waals surface area contributed by atoms with Crippen LogP contribution in [0.5, 0.6) is 0 Å². The fraction of sp³-hybridized carbons (Fsp3) is 0.533. The Morgan fingerprint density at radius 3 is 2.91 bits per heavy atom. The number of nitrogens with one attached hydrogen (secondary N) is 2. The molecule has 0 aromatic carbocycles. The Morgan fingerprint density at radius 1 is 1.41 bits per heavy atom. The summed E-state index contributed by atoms with van der Waals surface area (Å²) in [4.78, 5) is 7.44. The number of nitrogens with zero attached hydrogens (tertiary/aromatic N) is 2. The third-order valence-corrected chi connectivity index (χ3v) is 6.23. The molecule has 3 heterocycles. The largest absolute Gasteiger partial charge is 0.345 e. The summed E-state index contributed by atoms with van der Waals surface area (Å²) in [5.41, 5.74) is 0.614. The monoisotopic (exact) mass is 322 g/mol. The first-order valence-corrected chi connectivity index (χ1v) is 9.20. The molecule has 1 aliphatic rings. The van der Waals surface area contributed by atoms with Crippen molar-refractivity contribution in [2.24, 2.45) is 5.92 Å². The first kappa shape index (κ1) is 15.5. The van der Waals surface area contributed by atoms with E-state index < -0.39 is 10.0 Å². The standard InChI is InChI=1S/C15H22N4O2S/c1-2-16-10-12-5-8-19(9-6-12)22(20,21)14-11-18-15-13(14)4-3-7-17-15/h3-4,7,11-12,16H,2,5-6,8-10H2,1H3,(H,17,18). The Bertz CT molecular complexity index is 733. The van der Waals surface area contributed by atoms with Gasteiger partial charge in [0.05, 0.1) is 0 Å². The van der Waals surface area contributed by atoms with Crippen LogP contribution in [0.2, 0.25) is 0 Å². The summed E-state index contributed by atoms with van der Waals surface area (Å²) < 4.78 is 27.3. The van der Waals surface area contributed by atoms with Crippen LogP contribution in [0.4, 0.5) is 0 Å². The molecule has 0 radical (unpaired) electrons. The molecule has 1 saturated heterocycles. The maximum absolute atomic E-state index is 12.8. The number of fused-ring (bicyclic) bond motifs is 1. The molecule has 22 heavy (non-hydrogen) atoms. The lowest BCUT2D eigenvalue weighted by molar-refractivity contribution is 0.268. The van der Waals surface area contributed by atoms with Gasteiger partial charge in [-0.2, -0.15) is 4.31 Å². The van der Waals surface area contributed by atoms with Crippen LogP contribution in [-0.2, 0) is 10.0 Å². The van der Waals surface area contributed by atoms with Crippen molar-refractivity contribution < 1.29 is 8.42 Å². The van der Waals surface area contributed by atoms with Crippen LogP contribution in [0.1, 0.15) is 19.8 Å². The van der Waals surface area contributed by atoms with Crippen LogP contribution in [0.3, 0.4) is 0 Å². The minimum absolute atomic E-state index is 0.334. The number of aromatic nitrogens is 2. The molecular weight excluding hydrogens is 300 g/mol. The summed E-state index contributed by atoms with van der Waals surface area (Å²) in [6.07, 6.45) is 5.03. The topological polar surface area (TPSA) is 78.1 Å². The molecular formula is C15H22N4O2S. The molecule has 7 heteroatoms. The van der Waals surface area contributed by atoms with Gasteiger partial charge in [0.25, 0.3) is 0 Å². The predicted octanol–water partition coefficient (Wildman–Crippen LogP) is 1.57. The average molecular weight is 322 g/mol. The quantitative estimate of drug-likeness (QED) is 0.876. The maximum Gasteiger partial charge on any atom is 0.245 e. The van der Waals surface area contributed by atoms with E-state index in [0.717, 1.165) is 25.9 Å². The van der Waals surface area contributed by atoms with Crippen LogP contribution >= 0.6 is 0 Å². The lowest BCUT2D eigenvalue weighted by atomic mass is 9.98. The highest BCUT2D eigenvalue weighted by molar-refractivity contribution is 7.89. The molecule has 0 unspecified atom stereocenters. The molecule has 2 aromatic heterocycles. The summed E-state index contributed by atoms with van der Waals surface area (Å²) in [5.74, 6) is 0.566. The van der Waals surface area contributed by atoms with Gasteiger partial charge in [-0.25, -0.2) is 13.4 Å². The summed E-state index contributed by atoms with van der Waals surface area (Å²) in [5, 5.41) is 4.01. The van der Waals surface area contributed by atoms with E-state index in [4.69, 9.17) is 0 Å². The van der Waals surface area contributed by atoms with Crippen molar-refractivity contribution in [2.75, 3.05) is 26.2 Å². The highest BCUT2D eigenvalue weighted by Gasteiger charge is 2.31. The van der Waals surface area contributed by atoms with Crippen molar-refractivity contribution in [1.82, 2.24) is 19.6 Å². The van der Waals surface area contributed by atoms with E-state index in [1.165, 1.54) is 0 Å². The summed E-state index contributed by atoms with van der Waals surface area (Å²) in [6.45, 7) is 5.20. The van der Waals surface area contributed by atoms with Gasteiger partial charge >= 0.3 is 0 Å². The number of piperidine rings is 1. The van der Waals surface area contributed by atoms with Gasteiger partial charge in [0, 0.05) is 30.9 Å². The third-order valence-electron chi connectivity index (χ3n) is 4.29. The number of aromatic amines is 1. The van der Waals surface area contributed by atoms with Crippen LogP contribution in [0, 0.1) is 5.92 Å². The summed E-state index contributed by atoms with van der Waals surface area (Å²) in [7, 11) is -3.45. The molecule has 1 aliphatic heterocycles. The zero-order chi connectivity index (χ0) is 15.6. The van der Waals surface area contributed by atoms with Gasteiger partial charge in [0.1, 0.15) is 10.5 Å². The van der Waals surface area contributed by atoms with E-state index in [-0.39, 0.29) is 0 Å². The van der Waals surface area contributed by atoms with Gasteiger partial charge in [0.15, 0.2) is 0 Å². The first-order chi connectivity index (χ1) is 10.6. The molecule has 2 N–H and O–H groups in total. The van der Waals surface area contributed by atoms with Crippen molar-refractivity contribution in [1.29, 1.82) is 0 Å². The molecule has 0 aliphatic carbocycles. The van der Waals surface area contributed by atoms with E-state index in [2.05, 4.69) is 22.2 Å². The minimum Gasteiger partial charge on any atom is -0.345 e. The molecule has 0 amide bonds. The Balaban J connectivity index is 1.77. The second kappa shape index (κ2) is 6.36. The highest BCUT2D eigenvalue weighted by Crippen LogP contribution is 2.27. The van der Waals surface area contributed by atoms with Crippen molar-refractivity contribution >= 4 is 21.1 Å². The zero-order valence-corrected chi connectivity index (χ0v) is 13.6. The lowest BCUT2D eigenvalue weighted by Crippen LogP contribution is -2.40. The smallest absolute Gasteiger partial charge is 0.245 e. The van der Waals surface area contributed by atoms with Gasteiger partial charge < -0.3 is 10.3 Å². The van der Waals surface area contributed by atoms with Crippen molar-refractivity contribution in [3.8, 4) is 0 Å². The number of hydrogen-bond acceptors (Lipinski definition) is 4. The molecule has 3 rings (SSSR count). The molecule has 120 valence electrons. The number of hydrogen-bond donors (Lipinski definition) is 2. The van der Waals surface area contributed by atoms with Crippen LogP contribution in [0.15, 0.2) is 29.4 Å². The van der Waals surface area contributed by atoms with E-state index >= 15 is 0 Å². The molecule has 0 bridgehead atoms. The van der Waals surface area contributed by atoms with Crippen LogP contribution in [-0.4, -0.2) is 48.9 Å². The van der Waals surface area contributed by atoms with E-state index in [1.54, 1.807) is 28.8 Å². The molecule has 0 spiro atoms. The molecule has 1 fully saturated rings. The zero-order valence-electron chi connectivity index (χ0n) is 12.7. The predicted molar refractivity (Wildman–Crippen MR) is 86.1 cm³/mol. The minimum atomic E-state index is -3.45. The number of rotatable bonds is 5. The second-order valence-electron chi connectivity index (χ2n) is 5.71. The molecule has 0 atom stereocenters. The second-order valence-corrected chi connectivity index (χ2v) is 7.61. The van der Waals surface area contributed by atoms with E-state index in [1.807, 2.05) is 0 Å². The van der Waals surface area contributed by atoms with Crippen molar-refractivity contribution in [3.63, 3.8) is 0 Å². The maximum atomic E-state index is 12.8. The van der Waals surface area contributed by atoms with E-state index in [9.17, 15) is 8.42 Å². The molecule has 0 saturated carbocycles. The van der Waals surface area contributed by atoms with Gasteiger partial charge in [-0.1, -0.05) is 6.92 Å². The number of H-pyrrole nitrogens is 1. The van der Waals surface area contributed by atoms with Gasteiger partial charge in [0.2, 0.25) is 10.0 Å². The number of pyridine rings is 1. The summed E-state index contributed by atoms with van der Waals surface area (Å²) in [6, 6.07) is 3.56. The first-order valence-electron chi connectivity index (χ1n) is 7.76. The highest BCUT2D eigenvalue weighted by atomic mass is 32.2. The van der Waals surface area contributed by atoms with Gasteiger partial charge in [-0.15, -0.1) is 0 Å². The third kappa shape index (κ3) is 2.88. The van der Waals surface area contributed by atoms with Crippen LogP contribution < -0.4 is 5.32 Å². The summed E-state index contributed by atoms with van der Waals surface area (Å²) >= 11 is 0. The Hall–Kier alpha value is -1.44. The van der Waals surface area contributed by atoms with Crippen molar-refractivity contribution in [2.45, 2.75) is 24.7 Å². The van der Waals surface area contributed by atoms with E-state index in [0.29, 0.717) is 34.9 Å². The lowest BCUT2D eigenvalue weighted by Gasteiger charge is -2.31. The van der Waals surface area contributed by atoms with Gasteiger partial charge in [-0.3, -0.25) is 0 Å². The molecule has 2 aromatic rings. The number of sulfonamides is 1. The molecule has 6 nitrogen and oxygen atoms in total. The van der Waals surface area contributed by atoms with Crippen molar-refractivity contribution in [3.05, 3.63) is 24.5 Å².